The van der Waals surface area contributed by atoms with Gasteiger partial charge in [0.05, 0.1) is 32.5 Å². The normalized spacial score (nSPS) is 16.9. The van der Waals surface area contributed by atoms with Crippen molar-refractivity contribution in [1.82, 2.24) is 5.32 Å². The van der Waals surface area contributed by atoms with E-state index in [0.717, 1.165) is 25.5 Å². The molecule has 1 N–H and O–H groups in total. The molecule has 1 aliphatic rings. The van der Waals surface area contributed by atoms with E-state index in [9.17, 15) is 0 Å². The average Bonchev–Trinajstić information content (AvgIpc) is 2.37. The summed E-state index contributed by atoms with van der Waals surface area (Å²) >= 11 is 0. The molecule has 0 spiro atoms. The molecule has 1 saturated heterocycles. The Morgan fingerprint density at radius 2 is 2.00 bits per heavy atom. The van der Waals surface area contributed by atoms with Crippen molar-refractivity contribution >= 4 is 0 Å². The Labute approximate surface area is 115 Å². The molecule has 0 saturated carbocycles. The van der Waals surface area contributed by atoms with Crippen LogP contribution in [0.4, 0.5) is 0 Å². The summed E-state index contributed by atoms with van der Waals surface area (Å²) in [5, 5.41) is 3.45. The number of rotatable bonds is 8. The van der Waals surface area contributed by atoms with E-state index < -0.39 is 0 Å². The van der Waals surface area contributed by atoms with Gasteiger partial charge in [-0.15, -0.1) is 0 Å². The lowest BCUT2D eigenvalue weighted by Gasteiger charge is -2.28. The first-order chi connectivity index (χ1) is 9.33. The molecule has 4 heteroatoms. The van der Waals surface area contributed by atoms with Crippen molar-refractivity contribution in [2.24, 2.45) is 0 Å². The molecule has 0 bridgehead atoms. The number of nitrogens with one attached hydrogen (secondary N) is 1. The third-order valence-corrected chi connectivity index (χ3v) is 3.15. The summed E-state index contributed by atoms with van der Waals surface area (Å²) in [5.74, 6) is 0.912. The highest BCUT2D eigenvalue weighted by Gasteiger charge is 2.21. The minimum Gasteiger partial charge on any atom is -0.494 e. The molecule has 19 heavy (non-hydrogen) atoms. The summed E-state index contributed by atoms with van der Waals surface area (Å²) < 4.78 is 16.4. The molecule has 1 unspecified atom stereocenters. The molecule has 0 aliphatic carbocycles. The number of likely N-dealkylation sites (N-methyl/N-ethyl adjacent to an activating group) is 1. The Hall–Kier alpha value is -1.10. The highest BCUT2D eigenvalue weighted by molar-refractivity contribution is 5.29. The molecule has 1 aromatic carbocycles. The largest absolute Gasteiger partial charge is 0.494 e. The van der Waals surface area contributed by atoms with E-state index in [1.807, 2.05) is 19.1 Å². The average molecular weight is 265 g/mol. The Morgan fingerprint density at radius 3 is 2.53 bits per heavy atom. The summed E-state index contributed by atoms with van der Waals surface area (Å²) in [5.41, 5.74) is 1.23. The number of hydrogen-bond donors (Lipinski definition) is 1. The van der Waals surface area contributed by atoms with E-state index in [1.54, 1.807) is 0 Å². The van der Waals surface area contributed by atoms with Crippen molar-refractivity contribution in [2.45, 2.75) is 26.0 Å². The second-order valence-electron chi connectivity index (χ2n) is 4.61. The first-order valence-corrected chi connectivity index (χ1v) is 6.99. The third kappa shape index (κ3) is 4.20. The van der Waals surface area contributed by atoms with E-state index in [-0.39, 0.29) is 12.1 Å². The van der Waals surface area contributed by atoms with Gasteiger partial charge in [0.15, 0.2) is 0 Å². The van der Waals surface area contributed by atoms with Crippen LogP contribution in [0.2, 0.25) is 0 Å². The molecule has 0 aromatic heterocycles. The molecule has 0 radical (unpaired) electrons. The lowest BCUT2D eigenvalue weighted by atomic mass is 10.1. The highest BCUT2D eigenvalue weighted by Crippen LogP contribution is 2.19. The predicted molar refractivity (Wildman–Crippen MR) is 74.6 cm³/mol. The fourth-order valence-electron chi connectivity index (χ4n) is 2.03. The van der Waals surface area contributed by atoms with Gasteiger partial charge in [-0.05, 0) is 31.2 Å². The van der Waals surface area contributed by atoms with E-state index in [1.165, 1.54) is 5.56 Å². The van der Waals surface area contributed by atoms with Crippen molar-refractivity contribution in [3.63, 3.8) is 0 Å². The van der Waals surface area contributed by atoms with Gasteiger partial charge in [-0.3, -0.25) is 0 Å². The van der Waals surface area contributed by atoms with Crippen molar-refractivity contribution in [1.29, 1.82) is 0 Å². The monoisotopic (exact) mass is 265 g/mol. The van der Waals surface area contributed by atoms with Gasteiger partial charge in [0.2, 0.25) is 0 Å². The van der Waals surface area contributed by atoms with Crippen LogP contribution in [0.25, 0.3) is 0 Å². The Bertz CT molecular complexity index is 362. The molecule has 1 atom stereocenters. The minimum atomic E-state index is 0.223. The Kier molecular flexibility index (Phi) is 5.63. The first kappa shape index (κ1) is 14.3. The van der Waals surface area contributed by atoms with E-state index >= 15 is 0 Å². The van der Waals surface area contributed by atoms with Gasteiger partial charge in [-0.1, -0.05) is 19.1 Å². The zero-order chi connectivity index (χ0) is 13.5. The quantitative estimate of drug-likeness (QED) is 0.782. The van der Waals surface area contributed by atoms with Gasteiger partial charge >= 0.3 is 0 Å². The smallest absolute Gasteiger partial charge is 0.119 e. The maximum absolute atomic E-state index is 5.81. The maximum atomic E-state index is 5.81. The second kappa shape index (κ2) is 7.48. The molecule has 1 heterocycles. The SMILES string of the molecule is CCNC(COC1COC1)c1ccc(OCC)cc1. The van der Waals surface area contributed by atoms with Crippen LogP contribution < -0.4 is 10.1 Å². The highest BCUT2D eigenvalue weighted by atomic mass is 16.6. The van der Waals surface area contributed by atoms with Crippen molar-refractivity contribution in [3.05, 3.63) is 29.8 Å². The first-order valence-electron chi connectivity index (χ1n) is 6.99. The predicted octanol–water partition coefficient (Wildman–Crippen LogP) is 2.15. The van der Waals surface area contributed by atoms with Crippen LogP contribution >= 0.6 is 0 Å². The molecule has 0 amide bonds. The third-order valence-electron chi connectivity index (χ3n) is 3.15. The zero-order valence-corrected chi connectivity index (χ0v) is 11.7. The zero-order valence-electron chi connectivity index (χ0n) is 11.7. The topological polar surface area (TPSA) is 39.7 Å². The second-order valence-corrected chi connectivity index (χ2v) is 4.61. The van der Waals surface area contributed by atoms with Gasteiger partial charge in [-0.2, -0.15) is 0 Å². The fourth-order valence-corrected chi connectivity index (χ4v) is 2.03. The maximum Gasteiger partial charge on any atom is 0.119 e. The lowest BCUT2D eigenvalue weighted by Crippen LogP contribution is -2.38. The molecule has 1 aromatic rings. The van der Waals surface area contributed by atoms with Crippen LogP contribution in [-0.4, -0.2) is 39.1 Å². The van der Waals surface area contributed by atoms with Gasteiger partial charge < -0.3 is 19.5 Å². The van der Waals surface area contributed by atoms with Crippen molar-refractivity contribution < 1.29 is 14.2 Å². The summed E-state index contributed by atoms with van der Waals surface area (Å²) in [7, 11) is 0. The van der Waals surface area contributed by atoms with Crippen LogP contribution in [0.3, 0.4) is 0 Å². The standard InChI is InChI=1S/C15H23NO3/c1-3-16-15(11-19-14-9-17-10-14)12-5-7-13(8-6-12)18-4-2/h5-8,14-16H,3-4,9-11H2,1-2H3. The van der Waals surface area contributed by atoms with Gasteiger partial charge in [0.25, 0.3) is 0 Å². The van der Waals surface area contributed by atoms with Crippen LogP contribution in [0.15, 0.2) is 24.3 Å². The number of benzene rings is 1. The van der Waals surface area contributed by atoms with Gasteiger partial charge in [-0.25, -0.2) is 0 Å². The summed E-state index contributed by atoms with van der Waals surface area (Å²) in [4.78, 5) is 0. The van der Waals surface area contributed by atoms with Gasteiger partial charge in [0, 0.05) is 0 Å². The van der Waals surface area contributed by atoms with E-state index in [0.29, 0.717) is 13.2 Å². The summed E-state index contributed by atoms with van der Waals surface area (Å²) in [6.45, 7) is 7.83. The molecule has 2 rings (SSSR count). The Balaban J connectivity index is 1.91. The van der Waals surface area contributed by atoms with E-state index in [2.05, 4.69) is 24.4 Å². The number of hydrogen-bond acceptors (Lipinski definition) is 4. The molecule has 1 aliphatic heterocycles. The summed E-state index contributed by atoms with van der Waals surface area (Å²) in [6.07, 6.45) is 0.267. The molecule has 106 valence electrons. The van der Waals surface area contributed by atoms with Gasteiger partial charge in [0.1, 0.15) is 11.9 Å². The lowest BCUT2D eigenvalue weighted by molar-refractivity contribution is -0.133. The Morgan fingerprint density at radius 1 is 1.26 bits per heavy atom. The molecular formula is C15H23NO3. The minimum absolute atomic E-state index is 0.223. The van der Waals surface area contributed by atoms with Crippen LogP contribution in [-0.2, 0) is 9.47 Å². The van der Waals surface area contributed by atoms with Crippen LogP contribution in [0.5, 0.6) is 5.75 Å². The van der Waals surface area contributed by atoms with Crippen LogP contribution in [0.1, 0.15) is 25.5 Å². The van der Waals surface area contributed by atoms with Crippen LogP contribution in [0, 0.1) is 0 Å². The number of ether oxygens (including phenoxy) is 3. The van der Waals surface area contributed by atoms with Crippen molar-refractivity contribution in [3.8, 4) is 5.75 Å². The fraction of sp³-hybridized carbons (Fsp3) is 0.600. The molecule has 4 nitrogen and oxygen atoms in total. The molecular weight excluding hydrogens is 242 g/mol. The van der Waals surface area contributed by atoms with E-state index in [4.69, 9.17) is 14.2 Å². The summed E-state index contributed by atoms with van der Waals surface area (Å²) in [6, 6.07) is 8.43. The molecule has 1 fully saturated rings. The van der Waals surface area contributed by atoms with Crippen molar-refractivity contribution in [2.75, 3.05) is 33.0 Å².